The summed E-state index contributed by atoms with van der Waals surface area (Å²) in [6, 6.07) is 40.8. The van der Waals surface area contributed by atoms with Gasteiger partial charge in [0, 0.05) is 14.2 Å². The van der Waals surface area contributed by atoms with Crippen molar-refractivity contribution >= 4 is 16.6 Å². The van der Waals surface area contributed by atoms with Gasteiger partial charge in [0.25, 0.3) is 0 Å². The van der Waals surface area contributed by atoms with Gasteiger partial charge in [0.05, 0.1) is 39.6 Å². The van der Waals surface area contributed by atoms with Gasteiger partial charge in [-0.3, -0.25) is 0 Å². The zero-order valence-electron chi connectivity index (χ0n) is 39.7. The molecule has 0 unspecified atom stereocenters. The lowest BCUT2D eigenvalue weighted by Gasteiger charge is -2.39. The van der Waals surface area contributed by atoms with E-state index in [1.54, 1.807) is 14.2 Å². The summed E-state index contributed by atoms with van der Waals surface area (Å²) in [5, 5.41) is 0.0115. The van der Waals surface area contributed by atoms with Crippen LogP contribution in [0.3, 0.4) is 0 Å². The van der Waals surface area contributed by atoms with Crippen molar-refractivity contribution < 1.29 is 37.3 Å². The fourth-order valence-corrected chi connectivity index (χ4v) is 8.30. The van der Waals surface area contributed by atoms with Crippen LogP contribution in [0.25, 0.3) is 0 Å². The quantitative estimate of drug-likeness (QED) is 0.0456. The summed E-state index contributed by atoms with van der Waals surface area (Å²) in [4.78, 5) is 0. The predicted molar refractivity (Wildman–Crippen MR) is 257 cm³/mol. The molecule has 0 aromatic heterocycles. The van der Waals surface area contributed by atoms with Crippen LogP contribution in [-0.2, 0) is 63.7 Å². The van der Waals surface area contributed by atoms with E-state index in [9.17, 15) is 0 Å². The normalized spacial score (nSPS) is 15.9. The first-order valence-electron chi connectivity index (χ1n) is 22.1. The Kier molecular flexibility index (Phi) is 20.5. The van der Waals surface area contributed by atoms with Crippen molar-refractivity contribution in [2.75, 3.05) is 27.4 Å². The van der Waals surface area contributed by atoms with E-state index in [2.05, 4.69) is 116 Å². The summed E-state index contributed by atoms with van der Waals surface area (Å²) in [5.74, 6) is 0. The third-order valence-electron chi connectivity index (χ3n) is 12.4. The smallest absolute Gasteiger partial charge is 0.192 e. The zero-order chi connectivity index (χ0) is 45.2. The Labute approximate surface area is 376 Å². The molecule has 0 aliphatic carbocycles. The first-order valence-corrected chi connectivity index (χ1v) is 27.9. The van der Waals surface area contributed by atoms with Gasteiger partial charge in [0.15, 0.2) is 16.6 Å². The van der Waals surface area contributed by atoms with Crippen LogP contribution in [-0.4, -0.2) is 80.7 Å². The second-order valence-electron chi connectivity index (χ2n) is 19.1. The molecule has 0 fully saturated rings. The van der Waals surface area contributed by atoms with Crippen molar-refractivity contribution in [1.29, 1.82) is 0 Å². The summed E-state index contributed by atoms with van der Waals surface area (Å²) < 4.78 is 53.9. The van der Waals surface area contributed by atoms with Gasteiger partial charge in [0.1, 0.15) is 36.6 Å². The van der Waals surface area contributed by atoms with E-state index in [1.165, 1.54) is 0 Å². The summed E-state index contributed by atoms with van der Waals surface area (Å²) >= 11 is 0. The fraction of sp³-hybridized carbons (Fsp3) is 0.500. The molecule has 62 heavy (non-hydrogen) atoms. The summed E-state index contributed by atoms with van der Waals surface area (Å²) in [5.41, 5.74) is 4.23. The monoisotopic (exact) mass is 885 g/mol. The molecule has 0 N–H and O–H groups in total. The Morgan fingerprint density at radius 1 is 0.419 bits per heavy atom. The third-order valence-corrected chi connectivity index (χ3v) is 21.4. The average Bonchev–Trinajstić information content (AvgIpc) is 3.25. The molecule has 8 nitrogen and oxygen atoms in total. The molecule has 4 aromatic carbocycles. The van der Waals surface area contributed by atoms with Gasteiger partial charge >= 0.3 is 0 Å². The highest BCUT2D eigenvalue weighted by Gasteiger charge is 2.41. The molecule has 0 bridgehead atoms. The Bertz CT molecular complexity index is 1690. The summed E-state index contributed by atoms with van der Waals surface area (Å²) in [7, 11) is -0.943. The maximum Gasteiger partial charge on any atom is 0.192 e. The lowest BCUT2D eigenvalue weighted by Crippen LogP contribution is -2.49. The summed E-state index contributed by atoms with van der Waals surface area (Å²) in [6.07, 6.45) is 0.872. The number of rotatable bonds is 26. The lowest BCUT2D eigenvalue weighted by molar-refractivity contribution is -0.143. The van der Waals surface area contributed by atoms with E-state index in [1.807, 2.05) is 84.9 Å². The second-order valence-corrected chi connectivity index (χ2v) is 28.7. The Hall–Kier alpha value is -3.27. The molecule has 6 atom stereocenters. The SMILES string of the molecule is CO[C@H](/C=C/[C@@H](OC)[C@H](OCc1ccccc1)[C@H](CO[Si](C)(C)C(C)(C)C)OCc1ccccc1)[C@H](OCc1ccccc1)[C@H](CO[Si](C)(C)C(C)(C)C)OCc1ccccc1. The minimum Gasteiger partial charge on any atom is -0.414 e. The zero-order valence-corrected chi connectivity index (χ0v) is 41.7. The minimum atomic E-state index is -2.18. The van der Waals surface area contributed by atoms with Crippen molar-refractivity contribution in [3.63, 3.8) is 0 Å². The first-order chi connectivity index (χ1) is 29.4. The topological polar surface area (TPSA) is 73.8 Å². The Balaban J connectivity index is 1.74. The number of methoxy groups -OCH3 is 2. The molecule has 4 aromatic rings. The average molecular weight is 885 g/mol. The molecule has 10 heteroatoms. The van der Waals surface area contributed by atoms with Gasteiger partial charge in [-0.15, -0.1) is 0 Å². The number of hydrogen-bond donors (Lipinski definition) is 0. The van der Waals surface area contributed by atoms with Crippen LogP contribution in [0.4, 0.5) is 0 Å². The van der Waals surface area contributed by atoms with Crippen LogP contribution in [0, 0.1) is 0 Å². The molecule has 340 valence electrons. The van der Waals surface area contributed by atoms with Crippen LogP contribution >= 0.6 is 0 Å². The van der Waals surface area contributed by atoms with Crippen LogP contribution in [0.15, 0.2) is 133 Å². The van der Waals surface area contributed by atoms with Gasteiger partial charge in [-0.05, 0) is 58.5 Å². The van der Waals surface area contributed by atoms with E-state index in [0.29, 0.717) is 39.6 Å². The van der Waals surface area contributed by atoms with Crippen molar-refractivity contribution in [2.24, 2.45) is 0 Å². The lowest BCUT2D eigenvalue weighted by atomic mass is 10.0. The molecule has 0 amide bonds. The van der Waals surface area contributed by atoms with Crippen LogP contribution in [0.2, 0.25) is 36.3 Å². The molecular weight excluding hydrogens is 809 g/mol. The Morgan fingerprint density at radius 2 is 0.677 bits per heavy atom. The van der Waals surface area contributed by atoms with Crippen molar-refractivity contribution in [3.05, 3.63) is 156 Å². The standard InChI is InChI=1S/C52H76O8Si2/c1-51(2,3)61(9,10)59-39-47(55-35-41-25-17-13-18-26-41)49(57-37-43-29-21-15-22-30-43)45(53-7)33-34-46(54-8)50(58-38-44-31-23-16-24-32-44)48(40-60-62(11,12)52(4,5)6)56-36-42-27-19-14-20-28-42/h13-34,45-50H,35-40H2,1-12H3/b34-33+/t45-,46-,47+,48+,49+,50+/m1/s1. The summed E-state index contributed by atoms with van der Waals surface area (Å²) in [6.45, 7) is 24.7. The molecule has 0 aliphatic heterocycles. The highest BCUT2D eigenvalue weighted by atomic mass is 28.4. The third kappa shape index (κ3) is 16.4. The van der Waals surface area contributed by atoms with E-state index in [4.69, 9.17) is 37.3 Å². The van der Waals surface area contributed by atoms with E-state index < -0.39 is 53.3 Å². The molecule has 0 heterocycles. The fourth-order valence-electron chi connectivity index (χ4n) is 6.27. The number of ether oxygens (including phenoxy) is 6. The number of hydrogen-bond acceptors (Lipinski definition) is 8. The van der Waals surface area contributed by atoms with Crippen molar-refractivity contribution in [3.8, 4) is 0 Å². The van der Waals surface area contributed by atoms with E-state index in [-0.39, 0.29) is 10.1 Å². The molecule has 4 rings (SSSR count). The van der Waals surface area contributed by atoms with Gasteiger partial charge in [0.2, 0.25) is 0 Å². The highest BCUT2D eigenvalue weighted by Crippen LogP contribution is 2.38. The molecular formula is C52H76O8Si2. The maximum atomic E-state index is 6.89. The van der Waals surface area contributed by atoms with Crippen LogP contribution in [0.1, 0.15) is 63.8 Å². The predicted octanol–water partition coefficient (Wildman–Crippen LogP) is 12.0. The maximum absolute atomic E-state index is 6.89. The molecule has 0 radical (unpaired) electrons. The van der Waals surface area contributed by atoms with Crippen molar-refractivity contribution in [2.45, 2.75) is 141 Å². The second kappa shape index (κ2) is 24.7. The van der Waals surface area contributed by atoms with E-state index >= 15 is 0 Å². The Morgan fingerprint density at radius 3 is 0.919 bits per heavy atom. The molecule has 0 spiro atoms. The minimum absolute atomic E-state index is 0.00576. The van der Waals surface area contributed by atoms with Crippen LogP contribution < -0.4 is 0 Å². The molecule has 0 saturated heterocycles. The molecule has 0 saturated carbocycles. The highest BCUT2D eigenvalue weighted by molar-refractivity contribution is 6.74. The largest absolute Gasteiger partial charge is 0.414 e. The van der Waals surface area contributed by atoms with Gasteiger partial charge in [-0.1, -0.05) is 175 Å². The number of benzene rings is 4. The molecule has 0 aliphatic rings. The van der Waals surface area contributed by atoms with Gasteiger partial charge in [-0.25, -0.2) is 0 Å². The first kappa shape index (κ1) is 51.4. The van der Waals surface area contributed by atoms with Crippen LogP contribution in [0.5, 0.6) is 0 Å². The van der Waals surface area contributed by atoms with Gasteiger partial charge < -0.3 is 37.3 Å². The van der Waals surface area contributed by atoms with E-state index in [0.717, 1.165) is 22.3 Å². The van der Waals surface area contributed by atoms with Crippen molar-refractivity contribution in [1.82, 2.24) is 0 Å². The van der Waals surface area contributed by atoms with Gasteiger partial charge in [-0.2, -0.15) is 0 Å².